The molecule has 0 saturated carbocycles. The first-order valence-electron chi connectivity index (χ1n) is 4.86. The van der Waals surface area contributed by atoms with E-state index in [1.54, 1.807) is 0 Å². The van der Waals surface area contributed by atoms with Gasteiger partial charge in [0.1, 0.15) is 6.04 Å². The van der Waals surface area contributed by atoms with E-state index in [1.165, 1.54) is 0 Å². The van der Waals surface area contributed by atoms with Crippen LogP contribution >= 0.6 is 0 Å². The Bertz CT molecular complexity index is 352. The van der Waals surface area contributed by atoms with Crippen LogP contribution < -0.4 is 118 Å². The summed E-state index contributed by atoms with van der Waals surface area (Å²) in [6, 6.07) is -1.46. The Morgan fingerprint density at radius 3 is 1.32 bits per heavy atom. The average molecular weight is 355 g/mol. The minimum absolute atomic E-state index is 0. The number of hydrogen-bond acceptors (Lipinski definition) is 5. The maximum absolute atomic E-state index is 10.9. The van der Waals surface area contributed by atoms with Gasteiger partial charge in [0.2, 0.25) is 0 Å². The molecular weight excluding hydrogens is 342 g/mol. The summed E-state index contributed by atoms with van der Waals surface area (Å²) in [6.45, 7) is -1.58. The molecule has 0 amide bonds. The van der Waals surface area contributed by atoms with Crippen LogP contribution in [0.4, 0.5) is 0 Å². The number of carbonyl (C=O) groups is 4. The molecule has 0 saturated heterocycles. The van der Waals surface area contributed by atoms with Crippen LogP contribution in [0.1, 0.15) is 12.8 Å². The van der Waals surface area contributed by atoms with Crippen molar-refractivity contribution >= 4 is 23.9 Å². The van der Waals surface area contributed by atoms with Crippen LogP contribution in [-0.4, -0.2) is 68.3 Å². The third-order valence-corrected chi connectivity index (χ3v) is 2.03. The molecule has 1 atom stereocenters. The summed E-state index contributed by atoms with van der Waals surface area (Å²) < 4.78 is 0. The average Bonchev–Trinajstić information content (AvgIpc) is 2.14. The zero-order valence-electron chi connectivity index (χ0n) is 13.3. The van der Waals surface area contributed by atoms with Crippen LogP contribution in [0.25, 0.3) is 0 Å². The van der Waals surface area contributed by atoms with Gasteiger partial charge < -0.3 is 20.4 Å². The molecule has 0 aromatic rings. The van der Waals surface area contributed by atoms with E-state index in [-0.39, 0.29) is 125 Å². The van der Waals surface area contributed by atoms with E-state index >= 15 is 0 Å². The molecule has 0 rings (SSSR count). The van der Waals surface area contributed by atoms with Crippen molar-refractivity contribution in [3.63, 3.8) is 0 Å². The van der Waals surface area contributed by atoms with Crippen LogP contribution in [0.2, 0.25) is 0 Å². The van der Waals surface area contributed by atoms with E-state index in [4.69, 9.17) is 20.4 Å². The molecule has 0 aliphatic carbocycles. The van der Waals surface area contributed by atoms with E-state index in [1.807, 2.05) is 0 Å². The molecule has 102 valence electrons. The summed E-state index contributed by atoms with van der Waals surface area (Å²) in [7, 11) is 0. The van der Waals surface area contributed by atoms with Crippen molar-refractivity contribution in [1.82, 2.24) is 4.90 Å². The van der Waals surface area contributed by atoms with Crippen molar-refractivity contribution < 1.29 is 158 Å². The van der Waals surface area contributed by atoms with E-state index in [0.717, 1.165) is 0 Å². The molecular formula is C9H13NNa4O8+4. The molecule has 0 radical (unpaired) electrons. The number of nitrogens with zero attached hydrogens (tertiary/aromatic N) is 1. The Morgan fingerprint density at radius 1 is 0.727 bits per heavy atom. The van der Waals surface area contributed by atoms with Crippen molar-refractivity contribution in [2.75, 3.05) is 13.1 Å². The monoisotopic (exact) mass is 355 g/mol. The second-order valence-electron chi connectivity index (χ2n) is 3.48. The number of aliphatic carboxylic acids is 4. The minimum atomic E-state index is -1.46. The first-order valence-corrected chi connectivity index (χ1v) is 4.86. The summed E-state index contributed by atoms with van der Waals surface area (Å²) in [4.78, 5) is 43.0. The van der Waals surface area contributed by atoms with Gasteiger partial charge in [-0.3, -0.25) is 24.1 Å². The van der Waals surface area contributed by atoms with Gasteiger partial charge in [-0.05, 0) is 6.42 Å². The molecule has 0 bridgehead atoms. The van der Waals surface area contributed by atoms with E-state index < -0.39 is 49.4 Å². The number of carboxylic acids is 4. The van der Waals surface area contributed by atoms with E-state index in [9.17, 15) is 19.2 Å². The summed E-state index contributed by atoms with van der Waals surface area (Å²) in [5, 5.41) is 34.4. The molecule has 13 heteroatoms. The van der Waals surface area contributed by atoms with Gasteiger partial charge in [0.15, 0.2) is 0 Å². The molecule has 0 aromatic heterocycles. The largest absolute Gasteiger partial charge is 1.00 e. The quantitative estimate of drug-likeness (QED) is 0.295. The molecule has 0 aromatic carbocycles. The zero-order valence-corrected chi connectivity index (χ0v) is 21.3. The normalized spacial score (nSPS) is 9.86. The molecule has 0 spiro atoms. The van der Waals surface area contributed by atoms with Gasteiger partial charge in [0, 0.05) is 6.42 Å². The predicted molar refractivity (Wildman–Crippen MR) is 55.1 cm³/mol. The van der Waals surface area contributed by atoms with Crippen LogP contribution in [0.5, 0.6) is 0 Å². The van der Waals surface area contributed by atoms with E-state index in [0.29, 0.717) is 4.90 Å². The fourth-order valence-corrected chi connectivity index (χ4v) is 1.35. The van der Waals surface area contributed by atoms with Crippen LogP contribution in [0, 0.1) is 0 Å². The van der Waals surface area contributed by atoms with Gasteiger partial charge in [-0.25, -0.2) is 0 Å². The Kier molecular flexibility index (Phi) is 30.5. The summed E-state index contributed by atoms with van der Waals surface area (Å²) in [5.41, 5.74) is 0. The van der Waals surface area contributed by atoms with Crippen molar-refractivity contribution in [1.29, 1.82) is 0 Å². The predicted octanol–water partition coefficient (Wildman–Crippen LogP) is -13.2. The Morgan fingerprint density at radius 2 is 1.09 bits per heavy atom. The summed E-state index contributed by atoms with van der Waals surface area (Å²) in [6.07, 6.45) is -0.863. The minimum Gasteiger partial charge on any atom is -0.481 e. The van der Waals surface area contributed by atoms with Crippen molar-refractivity contribution in [2.45, 2.75) is 18.9 Å². The maximum Gasteiger partial charge on any atom is 1.00 e. The van der Waals surface area contributed by atoms with Crippen molar-refractivity contribution in [3.05, 3.63) is 0 Å². The molecule has 9 nitrogen and oxygen atoms in total. The van der Waals surface area contributed by atoms with Gasteiger partial charge in [-0.1, -0.05) is 0 Å². The van der Waals surface area contributed by atoms with Gasteiger partial charge in [-0.2, -0.15) is 0 Å². The van der Waals surface area contributed by atoms with Crippen LogP contribution in [-0.2, 0) is 19.2 Å². The fourth-order valence-electron chi connectivity index (χ4n) is 1.35. The third kappa shape index (κ3) is 18.2. The fraction of sp³-hybridized carbons (Fsp3) is 0.556. The van der Waals surface area contributed by atoms with Crippen LogP contribution in [0.3, 0.4) is 0 Å². The summed E-state index contributed by atoms with van der Waals surface area (Å²) >= 11 is 0. The maximum atomic E-state index is 10.9. The van der Waals surface area contributed by atoms with Crippen molar-refractivity contribution in [3.8, 4) is 0 Å². The molecule has 0 fully saturated rings. The molecule has 22 heavy (non-hydrogen) atoms. The van der Waals surface area contributed by atoms with Gasteiger partial charge in [0.25, 0.3) is 0 Å². The van der Waals surface area contributed by atoms with E-state index in [2.05, 4.69) is 0 Å². The Hall–Kier alpha value is 1.84. The number of carboxylic acid groups (broad SMARTS) is 4. The first-order chi connectivity index (χ1) is 8.23. The molecule has 0 aliphatic heterocycles. The number of hydrogen-bond donors (Lipinski definition) is 4. The standard InChI is InChI=1S/C9H13NO8.4Na/c11-6(12)2-1-5(9(17)18)10(3-7(13)14)4-8(15)16;;;;/h5H,1-4H2,(H,11,12)(H,13,14)(H,15,16)(H,17,18);;;;/q;4*+1/t5-;;;;/m0..../s1. The zero-order chi connectivity index (χ0) is 14.3. The Labute approximate surface area is 215 Å². The third-order valence-electron chi connectivity index (χ3n) is 2.03. The SMILES string of the molecule is O=C(O)CC[C@@H](C(=O)O)N(CC(=O)O)CC(=O)O.[Na+].[Na+].[Na+].[Na+]. The van der Waals surface area contributed by atoms with Gasteiger partial charge >= 0.3 is 142 Å². The molecule has 4 N–H and O–H groups in total. The first kappa shape index (κ1) is 35.0. The molecule has 0 unspecified atom stereocenters. The second kappa shape index (κ2) is 19.2. The van der Waals surface area contributed by atoms with Crippen LogP contribution in [0.15, 0.2) is 0 Å². The molecule has 0 heterocycles. The smallest absolute Gasteiger partial charge is 0.481 e. The van der Waals surface area contributed by atoms with Gasteiger partial charge in [-0.15, -0.1) is 0 Å². The van der Waals surface area contributed by atoms with Gasteiger partial charge in [0.05, 0.1) is 13.1 Å². The number of rotatable bonds is 9. The second-order valence-corrected chi connectivity index (χ2v) is 3.48. The van der Waals surface area contributed by atoms with Crippen molar-refractivity contribution in [2.24, 2.45) is 0 Å². The Balaban J connectivity index is -0.000000241. The molecule has 0 aliphatic rings. The summed E-state index contributed by atoms with van der Waals surface area (Å²) in [5.74, 6) is -5.48. The topological polar surface area (TPSA) is 152 Å².